The molecule has 2 aliphatic rings. The summed E-state index contributed by atoms with van der Waals surface area (Å²) in [5, 5.41) is 14.9. The molecule has 0 unspecified atom stereocenters. The lowest BCUT2D eigenvalue weighted by atomic mass is 9.94. The molecule has 4 heterocycles. The predicted octanol–water partition coefficient (Wildman–Crippen LogP) is 2.97. The molecule has 0 bridgehead atoms. The minimum Gasteiger partial charge on any atom is -0.465 e. The van der Waals surface area contributed by atoms with Crippen molar-refractivity contribution in [3.05, 3.63) is 35.3 Å². The summed E-state index contributed by atoms with van der Waals surface area (Å²) in [5.41, 5.74) is 8.53. The van der Waals surface area contributed by atoms with E-state index in [1.165, 1.54) is 6.20 Å². The maximum atomic E-state index is 12.1. The van der Waals surface area contributed by atoms with E-state index in [4.69, 9.17) is 20.6 Å². The number of nitrogens with zero attached hydrogens (tertiary/aromatic N) is 4. The van der Waals surface area contributed by atoms with E-state index in [1.54, 1.807) is 0 Å². The van der Waals surface area contributed by atoms with Crippen molar-refractivity contribution in [3.8, 4) is 0 Å². The van der Waals surface area contributed by atoms with Gasteiger partial charge in [-0.1, -0.05) is 13.8 Å². The van der Waals surface area contributed by atoms with Crippen LogP contribution in [0.5, 0.6) is 0 Å². The molecule has 2 aromatic heterocycles. The minimum absolute atomic E-state index is 0.182. The third-order valence-electron chi connectivity index (χ3n) is 6.43. The van der Waals surface area contributed by atoms with Gasteiger partial charge in [-0.15, -0.1) is 0 Å². The lowest BCUT2D eigenvalue weighted by Crippen LogP contribution is -2.48. The minimum atomic E-state index is -1.05. The molecule has 11 heteroatoms. The molecule has 2 amide bonds. The van der Waals surface area contributed by atoms with Crippen LogP contribution < -0.4 is 21.3 Å². The van der Waals surface area contributed by atoms with Crippen molar-refractivity contribution >= 4 is 29.5 Å². The number of piperidine rings is 1. The molecule has 0 spiro atoms. The van der Waals surface area contributed by atoms with Gasteiger partial charge in [0.1, 0.15) is 11.4 Å². The Labute approximate surface area is 204 Å². The van der Waals surface area contributed by atoms with Gasteiger partial charge < -0.3 is 31.1 Å². The summed E-state index contributed by atoms with van der Waals surface area (Å²) in [6.07, 6.45) is 3.74. The number of anilines is 3. The number of carbonyl (C=O) groups excluding carboxylic acids is 1. The van der Waals surface area contributed by atoms with E-state index < -0.39 is 12.0 Å². The molecular formula is C24H33N7O4. The molecule has 35 heavy (non-hydrogen) atoms. The monoisotopic (exact) mass is 483 g/mol. The molecule has 4 rings (SSSR count). The first-order valence-electron chi connectivity index (χ1n) is 12.1. The molecule has 1 atom stereocenters. The van der Waals surface area contributed by atoms with Gasteiger partial charge in [0.2, 0.25) is 5.95 Å². The smallest absolute Gasteiger partial charge is 0.404 e. The van der Waals surface area contributed by atoms with Crippen LogP contribution in [0.15, 0.2) is 18.3 Å². The molecule has 0 aliphatic carbocycles. The maximum Gasteiger partial charge on any atom is 0.404 e. The molecule has 2 fully saturated rings. The Balaban J connectivity index is 1.64. The summed E-state index contributed by atoms with van der Waals surface area (Å²) in [6.45, 7) is 6.76. The van der Waals surface area contributed by atoms with Gasteiger partial charge in [-0.05, 0) is 43.7 Å². The number of carbonyl (C=O) groups is 2. The number of hydrogen-bond acceptors (Lipinski definition) is 8. The molecule has 0 radical (unpaired) electrons. The van der Waals surface area contributed by atoms with E-state index in [0.717, 1.165) is 56.0 Å². The SMILES string of the molecule is CC(C)c1cc(Nc2nc(N3CCC[C@H](NC(=O)O)C3)ncc2C(N)=O)cc(C2CCOCC2)n1. The number of carboxylic acid groups (broad SMARTS) is 1. The van der Waals surface area contributed by atoms with Crippen LogP contribution in [0.25, 0.3) is 0 Å². The standard InChI is InChI=1S/C24H33N7O4/c1-14(2)19-10-17(11-20(29-19)15-5-8-35-9-6-15)27-22-18(21(25)32)12-26-23(30-22)31-7-3-4-16(13-31)28-24(33)34/h10-12,14-16,28H,3-9,13H2,1-2H3,(H2,25,32)(H,33,34)(H,26,27,29,30)/t16-/m0/s1. The fourth-order valence-corrected chi connectivity index (χ4v) is 4.53. The lowest BCUT2D eigenvalue weighted by molar-refractivity contribution is 0.0844. The quantitative estimate of drug-likeness (QED) is 0.465. The highest BCUT2D eigenvalue weighted by Crippen LogP contribution is 2.31. The van der Waals surface area contributed by atoms with Gasteiger partial charge >= 0.3 is 6.09 Å². The number of nitrogens with two attached hydrogens (primary N) is 1. The molecule has 5 N–H and O–H groups in total. The number of amides is 2. The van der Waals surface area contributed by atoms with Crippen LogP contribution in [-0.2, 0) is 4.74 Å². The number of pyridine rings is 1. The predicted molar refractivity (Wildman–Crippen MR) is 131 cm³/mol. The summed E-state index contributed by atoms with van der Waals surface area (Å²) in [7, 11) is 0. The summed E-state index contributed by atoms with van der Waals surface area (Å²) < 4.78 is 5.51. The Morgan fingerprint density at radius 2 is 1.97 bits per heavy atom. The number of primary amides is 1. The topological polar surface area (TPSA) is 156 Å². The molecule has 0 saturated carbocycles. The van der Waals surface area contributed by atoms with Crippen molar-refractivity contribution < 1.29 is 19.4 Å². The number of nitrogens with one attached hydrogen (secondary N) is 2. The highest BCUT2D eigenvalue weighted by molar-refractivity contribution is 5.98. The summed E-state index contributed by atoms with van der Waals surface area (Å²) in [5.74, 6) is 0.628. The van der Waals surface area contributed by atoms with Crippen molar-refractivity contribution in [2.24, 2.45) is 5.73 Å². The molecule has 11 nitrogen and oxygen atoms in total. The Hall–Kier alpha value is -3.47. The average Bonchev–Trinajstić information content (AvgIpc) is 2.84. The van der Waals surface area contributed by atoms with E-state index >= 15 is 0 Å². The molecule has 2 aliphatic heterocycles. The molecule has 2 saturated heterocycles. The summed E-state index contributed by atoms with van der Waals surface area (Å²) >= 11 is 0. The van der Waals surface area contributed by atoms with Gasteiger partial charge in [0, 0.05) is 61.5 Å². The second kappa shape index (κ2) is 10.9. The number of ether oxygens (including phenoxy) is 1. The second-order valence-electron chi connectivity index (χ2n) is 9.40. The first kappa shape index (κ1) is 24.6. The van der Waals surface area contributed by atoms with E-state index in [0.29, 0.717) is 30.8 Å². The third-order valence-corrected chi connectivity index (χ3v) is 6.43. The molecule has 188 valence electrons. The zero-order chi connectivity index (χ0) is 24.9. The fourth-order valence-electron chi connectivity index (χ4n) is 4.53. The van der Waals surface area contributed by atoms with Crippen molar-refractivity contribution in [2.45, 2.75) is 57.4 Å². The van der Waals surface area contributed by atoms with Crippen molar-refractivity contribution in [2.75, 3.05) is 36.5 Å². The van der Waals surface area contributed by atoms with Gasteiger partial charge in [0.05, 0.1) is 0 Å². The van der Waals surface area contributed by atoms with Crippen LogP contribution in [0.2, 0.25) is 0 Å². The summed E-state index contributed by atoms with van der Waals surface area (Å²) in [4.78, 5) is 39.0. The van der Waals surface area contributed by atoms with E-state index in [1.807, 2.05) is 17.0 Å². The third kappa shape index (κ3) is 6.16. The van der Waals surface area contributed by atoms with Gasteiger partial charge in [-0.2, -0.15) is 4.98 Å². The molecule has 2 aromatic rings. The first-order valence-corrected chi connectivity index (χ1v) is 12.1. The van der Waals surface area contributed by atoms with Crippen LogP contribution in [0, 0.1) is 0 Å². The van der Waals surface area contributed by atoms with Gasteiger partial charge in [-0.25, -0.2) is 9.78 Å². The Morgan fingerprint density at radius 3 is 2.66 bits per heavy atom. The van der Waals surface area contributed by atoms with Gasteiger partial charge in [0.15, 0.2) is 0 Å². The Bertz CT molecular complexity index is 1070. The van der Waals surface area contributed by atoms with E-state index in [-0.39, 0.29) is 17.5 Å². The fraction of sp³-hybridized carbons (Fsp3) is 0.542. The summed E-state index contributed by atoms with van der Waals surface area (Å²) in [6, 6.07) is 3.75. The Morgan fingerprint density at radius 1 is 1.20 bits per heavy atom. The molecular weight excluding hydrogens is 450 g/mol. The molecule has 0 aromatic carbocycles. The lowest BCUT2D eigenvalue weighted by Gasteiger charge is -2.32. The first-order chi connectivity index (χ1) is 16.8. The number of hydrogen-bond donors (Lipinski definition) is 4. The van der Waals surface area contributed by atoms with Crippen molar-refractivity contribution in [1.29, 1.82) is 0 Å². The van der Waals surface area contributed by atoms with Gasteiger partial charge in [-0.3, -0.25) is 9.78 Å². The second-order valence-corrected chi connectivity index (χ2v) is 9.40. The maximum absolute atomic E-state index is 12.1. The van der Waals surface area contributed by atoms with Gasteiger partial charge in [0.25, 0.3) is 5.91 Å². The van der Waals surface area contributed by atoms with E-state index in [9.17, 15) is 9.59 Å². The highest BCUT2D eigenvalue weighted by atomic mass is 16.5. The zero-order valence-electron chi connectivity index (χ0n) is 20.2. The van der Waals surface area contributed by atoms with E-state index in [2.05, 4.69) is 34.4 Å². The average molecular weight is 484 g/mol. The van der Waals surface area contributed by atoms with Crippen LogP contribution in [0.4, 0.5) is 22.2 Å². The number of aromatic nitrogens is 3. The van der Waals surface area contributed by atoms with Crippen LogP contribution >= 0.6 is 0 Å². The van der Waals surface area contributed by atoms with Crippen molar-refractivity contribution in [1.82, 2.24) is 20.3 Å². The van der Waals surface area contributed by atoms with Crippen LogP contribution in [0.3, 0.4) is 0 Å². The Kier molecular flexibility index (Phi) is 7.64. The highest BCUT2D eigenvalue weighted by Gasteiger charge is 2.25. The number of rotatable bonds is 7. The van der Waals surface area contributed by atoms with Crippen LogP contribution in [-0.4, -0.2) is 64.4 Å². The normalized spacial score (nSPS) is 18.9. The largest absolute Gasteiger partial charge is 0.465 e. The van der Waals surface area contributed by atoms with Crippen molar-refractivity contribution in [3.63, 3.8) is 0 Å². The van der Waals surface area contributed by atoms with Crippen LogP contribution in [0.1, 0.15) is 73.1 Å². The zero-order valence-corrected chi connectivity index (χ0v) is 20.2.